The molecule has 3 aromatic carbocycles. The normalized spacial score (nSPS) is 14.4. The van der Waals surface area contributed by atoms with Crippen LogP contribution in [0.1, 0.15) is 5.56 Å². The number of aromatic nitrogens is 2. The van der Waals surface area contributed by atoms with Crippen LogP contribution < -0.4 is 20.1 Å². The van der Waals surface area contributed by atoms with Gasteiger partial charge < -0.3 is 24.7 Å². The van der Waals surface area contributed by atoms with Gasteiger partial charge in [0, 0.05) is 37.3 Å². The van der Waals surface area contributed by atoms with E-state index in [4.69, 9.17) is 9.47 Å². The number of anilines is 3. The fourth-order valence-electron chi connectivity index (χ4n) is 4.25. The van der Waals surface area contributed by atoms with E-state index in [0.29, 0.717) is 12.4 Å². The molecule has 8 nitrogen and oxygen atoms in total. The number of rotatable bonds is 10. The first-order valence-corrected chi connectivity index (χ1v) is 13.8. The monoisotopic (exact) mass is 517 g/mol. The Kier molecular flexibility index (Phi) is 8.25. The van der Waals surface area contributed by atoms with Crippen LogP contribution in [0.15, 0.2) is 73.1 Å². The van der Waals surface area contributed by atoms with Crippen molar-refractivity contribution in [2.75, 3.05) is 55.4 Å². The second-order valence-electron chi connectivity index (χ2n) is 8.83. The summed E-state index contributed by atoms with van der Waals surface area (Å²) < 4.78 is 23.1. The van der Waals surface area contributed by atoms with Gasteiger partial charge >= 0.3 is 0 Å². The van der Waals surface area contributed by atoms with E-state index in [9.17, 15) is 4.55 Å². The molecule has 1 saturated heterocycles. The minimum Gasteiger partial charge on any atom is -0.616 e. The lowest BCUT2D eigenvalue weighted by molar-refractivity contribution is 0.306. The van der Waals surface area contributed by atoms with Crippen molar-refractivity contribution in [3.63, 3.8) is 0 Å². The summed E-state index contributed by atoms with van der Waals surface area (Å²) in [5, 5.41) is 7.74. The number of ether oxygens (including phenoxy) is 2. The van der Waals surface area contributed by atoms with E-state index in [2.05, 4.69) is 25.5 Å². The van der Waals surface area contributed by atoms with Gasteiger partial charge in [-0.15, -0.1) is 0 Å². The Morgan fingerprint density at radius 2 is 1.78 bits per heavy atom. The first-order valence-electron chi connectivity index (χ1n) is 12.4. The molecule has 4 aromatic rings. The molecule has 0 bridgehead atoms. The molecule has 0 aliphatic carbocycles. The van der Waals surface area contributed by atoms with Crippen molar-refractivity contribution in [3.05, 3.63) is 78.6 Å². The van der Waals surface area contributed by atoms with E-state index in [1.54, 1.807) is 13.4 Å². The zero-order valence-corrected chi connectivity index (χ0v) is 21.7. The number of benzene rings is 3. The maximum Gasteiger partial charge on any atom is 0.142 e. The Labute approximate surface area is 220 Å². The molecule has 5 rings (SSSR count). The molecular formula is C28H31N5O3S. The molecule has 9 heteroatoms. The van der Waals surface area contributed by atoms with Gasteiger partial charge in [0.2, 0.25) is 0 Å². The van der Waals surface area contributed by atoms with Crippen molar-refractivity contribution in [1.82, 2.24) is 14.9 Å². The van der Waals surface area contributed by atoms with E-state index in [0.717, 1.165) is 77.0 Å². The van der Waals surface area contributed by atoms with Crippen LogP contribution >= 0.6 is 0 Å². The molecule has 37 heavy (non-hydrogen) atoms. The van der Waals surface area contributed by atoms with E-state index in [-0.39, 0.29) is 0 Å². The predicted molar refractivity (Wildman–Crippen MR) is 149 cm³/mol. The topological polar surface area (TPSA) is 94.6 Å². The molecule has 0 amide bonds. The highest BCUT2D eigenvalue weighted by atomic mass is 32.2. The number of fused-ring (bicyclic) bond motifs is 1. The quantitative estimate of drug-likeness (QED) is 0.298. The van der Waals surface area contributed by atoms with Gasteiger partial charge in [-0.2, -0.15) is 0 Å². The Balaban J connectivity index is 1.24. The van der Waals surface area contributed by atoms with Crippen molar-refractivity contribution >= 4 is 39.3 Å². The van der Waals surface area contributed by atoms with Gasteiger partial charge in [0.25, 0.3) is 0 Å². The van der Waals surface area contributed by atoms with Gasteiger partial charge in [-0.05, 0) is 42.0 Å². The SMILES string of the molecule is COc1cc2c(Nc3ccc(OCc4ccccc4)cc3)ncnc2cc1NCCN1CC[S+]([O-])CC1. The first kappa shape index (κ1) is 25.1. The van der Waals surface area contributed by atoms with Gasteiger partial charge in [-0.3, -0.25) is 4.90 Å². The number of methoxy groups -OCH3 is 1. The molecule has 1 aliphatic rings. The molecule has 0 unspecified atom stereocenters. The molecule has 0 spiro atoms. The van der Waals surface area contributed by atoms with E-state index >= 15 is 0 Å². The fourth-order valence-corrected chi connectivity index (χ4v) is 5.38. The van der Waals surface area contributed by atoms with Crippen LogP contribution in [0.4, 0.5) is 17.2 Å². The van der Waals surface area contributed by atoms with E-state index in [1.165, 1.54) is 0 Å². The summed E-state index contributed by atoms with van der Waals surface area (Å²) in [7, 11) is 1.66. The van der Waals surface area contributed by atoms with Gasteiger partial charge in [0.05, 0.1) is 18.3 Å². The Morgan fingerprint density at radius 3 is 2.54 bits per heavy atom. The fraction of sp³-hybridized carbons (Fsp3) is 0.286. The predicted octanol–water partition coefficient (Wildman–Crippen LogP) is 4.44. The Morgan fingerprint density at radius 1 is 1.00 bits per heavy atom. The van der Waals surface area contributed by atoms with Gasteiger partial charge in [0.1, 0.15) is 41.8 Å². The molecule has 192 valence electrons. The molecule has 2 N–H and O–H groups in total. The van der Waals surface area contributed by atoms with Crippen LogP contribution in [-0.2, 0) is 17.8 Å². The van der Waals surface area contributed by atoms with Crippen molar-refractivity contribution in [3.8, 4) is 11.5 Å². The zero-order chi connectivity index (χ0) is 25.5. The van der Waals surface area contributed by atoms with E-state index < -0.39 is 11.2 Å². The number of nitrogens with one attached hydrogen (secondary N) is 2. The molecule has 2 heterocycles. The molecule has 1 aromatic heterocycles. The highest BCUT2D eigenvalue weighted by Crippen LogP contribution is 2.33. The summed E-state index contributed by atoms with van der Waals surface area (Å²) in [5.74, 6) is 3.76. The summed E-state index contributed by atoms with van der Waals surface area (Å²) in [6, 6.07) is 21.9. The lowest BCUT2D eigenvalue weighted by Crippen LogP contribution is -2.42. The minimum atomic E-state index is -0.659. The number of hydrogen-bond acceptors (Lipinski definition) is 8. The van der Waals surface area contributed by atoms with Crippen LogP contribution in [0.5, 0.6) is 11.5 Å². The maximum absolute atomic E-state index is 11.6. The smallest absolute Gasteiger partial charge is 0.142 e. The van der Waals surface area contributed by atoms with Crippen LogP contribution in [-0.4, -0.2) is 64.2 Å². The minimum absolute atomic E-state index is 0.527. The Hall–Kier alpha value is -3.53. The zero-order valence-electron chi connectivity index (χ0n) is 20.9. The molecule has 0 saturated carbocycles. The van der Waals surface area contributed by atoms with Crippen LogP contribution in [0, 0.1) is 0 Å². The van der Waals surface area contributed by atoms with Gasteiger partial charge in [-0.25, -0.2) is 9.97 Å². The van der Waals surface area contributed by atoms with Crippen molar-refractivity contribution in [2.45, 2.75) is 6.61 Å². The first-order chi connectivity index (χ1) is 18.2. The Bertz CT molecular complexity index is 1300. The summed E-state index contributed by atoms with van der Waals surface area (Å²) >= 11 is -0.659. The van der Waals surface area contributed by atoms with Gasteiger partial charge in [0.15, 0.2) is 0 Å². The van der Waals surface area contributed by atoms with Crippen LogP contribution in [0.2, 0.25) is 0 Å². The van der Waals surface area contributed by atoms with Crippen molar-refractivity contribution < 1.29 is 14.0 Å². The molecule has 1 fully saturated rings. The largest absolute Gasteiger partial charge is 0.616 e. The highest BCUT2D eigenvalue weighted by molar-refractivity contribution is 7.91. The summed E-state index contributed by atoms with van der Waals surface area (Å²) in [5.41, 5.74) is 3.73. The van der Waals surface area contributed by atoms with Crippen molar-refractivity contribution in [2.24, 2.45) is 0 Å². The maximum atomic E-state index is 11.6. The third kappa shape index (κ3) is 6.62. The standard InChI is InChI=1S/C28H31N5O3S/c1-35-27-17-24-25(18-26(27)29-11-12-33-13-15-37(34)16-14-33)30-20-31-28(24)32-22-7-9-23(10-8-22)36-19-21-5-3-2-4-6-21/h2-10,17-18,20,29H,11-16,19H2,1H3,(H,30,31,32). The number of hydrogen-bond donors (Lipinski definition) is 2. The second kappa shape index (κ2) is 12.1. The average Bonchev–Trinajstić information content (AvgIpc) is 2.94. The lowest BCUT2D eigenvalue weighted by atomic mass is 10.2. The van der Waals surface area contributed by atoms with Gasteiger partial charge in [-0.1, -0.05) is 41.5 Å². The third-order valence-corrected chi connectivity index (χ3v) is 7.61. The highest BCUT2D eigenvalue weighted by Gasteiger charge is 2.19. The third-order valence-electron chi connectivity index (χ3n) is 6.34. The molecule has 1 aliphatic heterocycles. The molecule has 0 radical (unpaired) electrons. The summed E-state index contributed by atoms with van der Waals surface area (Å²) in [6.07, 6.45) is 1.56. The number of nitrogens with zero attached hydrogens (tertiary/aromatic N) is 3. The second-order valence-corrected chi connectivity index (χ2v) is 10.5. The lowest BCUT2D eigenvalue weighted by Gasteiger charge is -2.28. The van der Waals surface area contributed by atoms with Crippen LogP contribution in [0.25, 0.3) is 10.9 Å². The van der Waals surface area contributed by atoms with E-state index in [1.807, 2.05) is 66.7 Å². The summed E-state index contributed by atoms with van der Waals surface area (Å²) in [4.78, 5) is 11.3. The van der Waals surface area contributed by atoms with Crippen molar-refractivity contribution in [1.29, 1.82) is 0 Å². The summed E-state index contributed by atoms with van der Waals surface area (Å²) in [6.45, 7) is 3.94. The average molecular weight is 518 g/mol. The molecular weight excluding hydrogens is 486 g/mol. The molecule has 0 atom stereocenters. The van der Waals surface area contributed by atoms with Crippen LogP contribution in [0.3, 0.4) is 0 Å².